The molecule has 2 aliphatic heterocycles. The zero-order valence-corrected chi connectivity index (χ0v) is 13.3. The number of hydrogen-bond acceptors (Lipinski definition) is 3. The monoisotopic (exact) mass is 293 g/mol. The Bertz CT molecular complexity index is 663. The molecule has 2 aromatic rings. The minimum absolute atomic E-state index is 0.656. The molecule has 2 unspecified atom stereocenters. The maximum atomic E-state index is 4.50. The summed E-state index contributed by atoms with van der Waals surface area (Å²) in [6.07, 6.45) is 5.33. The molecule has 1 aromatic heterocycles. The van der Waals surface area contributed by atoms with E-state index in [4.69, 9.17) is 0 Å². The number of piperidine rings is 1. The molecule has 0 radical (unpaired) electrons. The van der Waals surface area contributed by atoms with Gasteiger partial charge in [-0.3, -0.25) is 4.98 Å². The van der Waals surface area contributed by atoms with Crippen LogP contribution < -0.4 is 10.2 Å². The van der Waals surface area contributed by atoms with Gasteiger partial charge in [0.15, 0.2) is 0 Å². The fourth-order valence-corrected chi connectivity index (χ4v) is 3.94. The van der Waals surface area contributed by atoms with Gasteiger partial charge in [-0.25, -0.2) is 0 Å². The minimum Gasteiger partial charge on any atom is -0.368 e. The molecule has 22 heavy (non-hydrogen) atoms. The van der Waals surface area contributed by atoms with E-state index in [0.717, 1.165) is 19.0 Å². The first kappa shape index (κ1) is 13.8. The Hall–Kier alpha value is -1.87. The van der Waals surface area contributed by atoms with Gasteiger partial charge in [-0.1, -0.05) is 29.3 Å². The molecule has 2 saturated heterocycles. The van der Waals surface area contributed by atoms with Gasteiger partial charge in [0.2, 0.25) is 0 Å². The van der Waals surface area contributed by atoms with Crippen molar-refractivity contribution in [1.82, 2.24) is 10.3 Å². The summed E-state index contributed by atoms with van der Waals surface area (Å²) in [5, 5.41) is 3.62. The van der Waals surface area contributed by atoms with E-state index in [-0.39, 0.29) is 0 Å². The topological polar surface area (TPSA) is 28.2 Å². The van der Waals surface area contributed by atoms with Gasteiger partial charge in [0.25, 0.3) is 0 Å². The fraction of sp³-hybridized carbons (Fsp3) is 0.421. The maximum Gasteiger partial charge on any atom is 0.0559 e. The smallest absolute Gasteiger partial charge is 0.0559 e. The number of rotatable bonds is 2. The molecule has 2 atom stereocenters. The number of hydrogen-bond donors (Lipinski definition) is 1. The molecular formula is C19H23N3. The van der Waals surface area contributed by atoms with Crippen LogP contribution in [0.4, 0.5) is 5.69 Å². The van der Waals surface area contributed by atoms with E-state index in [0.29, 0.717) is 6.04 Å². The molecular weight excluding hydrogens is 270 g/mol. The van der Waals surface area contributed by atoms with Crippen molar-refractivity contribution in [2.45, 2.75) is 26.3 Å². The Balaban J connectivity index is 1.65. The van der Waals surface area contributed by atoms with E-state index >= 15 is 0 Å². The second-order valence-corrected chi connectivity index (χ2v) is 6.92. The van der Waals surface area contributed by atoms with Crippen molar-refractivity contribution in [3.63, 3.8) is 0 Å². The van der Waals surface area contributed by atoms with Crippen molar-refractivity contribution in [2.24, 2.45) is 5.92 Å². The molecule has 4 rings (SSSR count). The standard InChI is InChI=1S/C19H23N3/c1-13-3-14(2)5-16(4-13)17-7-19(10-20-9-17)22-11-15-6-18(12-22)21-8-15/h3-5,7,9-10,15,18,21H,6,8,11-12H2,1-2H3. The van der Waals surface area contributed by atoms with Gasteiger partial charge in [-0.15, -0.1) is 0 Å². The molecule has 2 aliphatic rings. The van der Waals surface area contributed by atoms with Gasteiger partial charge >= 0.3 is 0 Å². The molecule has 1 N–H and O–H groups in total. The van der Waals surface area contributed by atoms with Gasteiger partial charge in [0, 0.05) is 37.4 Å². The van der Waals surface area contributed by atoms with Crippen LogP contribution in [0.5, 0.6) is 0 Å². The lowest BCUT2D eigenvalue weighted by atomic mass is 9.98. The van der Waals surface area contributed by atoms with Crippen molar-refractivity contribution in [2.75, 3.05) is 24.5 Å². The minimum atomic E-state index is 0.656. The van der Waals surface area contributed by atoms with Gasteiger partial charge in [0.1, 0.15) is 0 Å². The van der Waals surface area contributed by atoms with Crippen molar-refractivity contribution < 1.29 is 0 Å². The molecule has 2 bridgehead atoms. The van der Waals surface area contributed by atoms with Crippen molar-refractivity contribution in [1.29, 1.82) is 0 Å². The Morgan fingerprint density at radius 3 is 2.59 bits per heavy atom. The van der Waals surface area contributed by atoms with E-state index in [9.17, 15) is 0 Å². The lowest BCUT2D eigenvalue weighted by Gasteiger charge is -2.32. The molecule has 114 valence electrons. The van der Waals surface area contributed by atoms with E-state index in [2.05, 4.69) is 53.3 Å². The van der Waals surface area contributed by atoms with Crippen LogP contribution in [0.15, 0.2) is 36.7 Å². The predicted octanol–water partition coefficient (Wildman–Crippen LogP) is 3.16. The lowest BCUT2D eigenvalue weighted by molar-refractivity contribution is 0.474. The predicted molar refractivity (Wildman–Crippen MR) is 91.3 cm³/mol. The molecule has 0 spiro atoms. The highest BCUT2D eigenvalue weighted by Gasteiger charge is 2.32. The quantitative estimate of drug-likeness (QED) is 0.922. The summed E-state index contributed by atoms with van der Waals surface area (Å²) in [6, 6.07) is 9.66. The number of pyridine rings is 1. The first-order valence-corrected chi connectivity index (χ1v) is 8.19. The van der Waals surface area contributed by atoms with Gasteiger partial charge in [-0.05, 0) is 37.8 Å². The second-order valence-electron chi connectivity index (χ2n) is 6.92. The van der Waals surface area contributed by atoms with E-state index < -0.39 is 0 Å². The van der Waals surface area contributed by atoms with Crippen LogP contribution in [0.3, 0.4) is 0 Å². The molecule has 1 aromatic carbocycles. The zero-order chi connectivity index (χ0) is 15.1. The summed E-state index contributed by atoms with van der Waals surface area (Å²) in [5.74, 6) is 0.795. The first-order valence-electron chi connectivity index (χ1n) is 8.19. The van der Waals surface area contributed by atoms with E-state index in [1.165, 1.54) is 40.9 Å². The van der Waals surface area contributed by atoms with Crippen molar-refractivity contribution in [3.8, 4) is 11.1 Å². The fourth-order valence-electron chi connectivity index (χ4n) is 3.94. The Morgan fingerprint density at radius 2 is 1.82 bits per heavy atom. The van der Waals surface area contributed by atoms with Gasteiger partial charge < -0.3 is 10.2 Å². The molecule has 3 heteroatoms. The number of nitrogens with zero attached hydrogens (tertiary/aromatic N) is 2. The highest BCUT2D eigenvalue weighted by Crippen LogP contribution is 2.29. The van der Waals surface area contributed by atoms with Crippen LogP contribution in [0.1, 0.15) is 17.5 Å². The first-order chi connectivity index (χ1) is 10.7. The zero-order valence-electron chi connectivity index (χ0n) is 13.3. The second kappa shape index (κ2) is 5.40. The summed E-state index contributed by atoms with van der Waals surface area (Å²) < 4.78 is 0. The number of aromatic nitrogens is 1. The lowest BCUT2D eigenvalue weighted by Crippen LogP contribution is -2.41. The third-order valence-electron chi connectivity index (χ3n) is 4.88. The molecule has 0 saturated carbocycles. The average molecular weight is 293 g/mol. The molecule has 0 amide bonds. The third-order valence-corrected chi connectivity index (χ3v) is 4.88. The van der Waals surface area contributed by atoms with Gasteiger partial charge in [-0.2, -0.15) is 0 Å². The number of anilines is 1. The summed E-state index contributed by atoms with van der Waals surface area (Å²) in [6.45, 7) is 7.74. The summed E-state index contributed by atoms with van der Waals surface area (Å²) in [4.78, 5) is 7.00. The Labute approximate surface area is 132 Å². The Kier molecular flexibility index (Phi) is 3.38. The van der Waals surface area contributed by atoms with Crippen LogP contribution in [0, 0.1) is 19.8 Å². The number of nitrogens with one attached hydrogen (secondary N) is 1. The Morgan fingerprint density at radius 1 is 1.00 bits per heavy atom. The van der Waals surface area contributed by atoms with Crippen LogP contribution >= 0.6 is 0 Å². The van der Waals surface area contributed by atoms with E-state index in [1.807, 2.05) is 12.4 Å². The summed E-state index contributed by atoms with van der Waals surface area (Å²) in [7, 11) is 0. The maximum absolute atomic E-state index is 4.50. The normalized spacial score (nSPS) is 23.8. The largest absolute Gasteiger partial charge is 0.368 e. The van der Waals surface area contributed by atoms with E-state index in [1.54, 1.807) is 0 Å². The third kappa shape index (κ3) is 2.61. The van der Waals surface area contributed by atoms with Crippen molar-refractivity contribution in [3.05, 3.63) is 47.8 Å². The average Bonchev–Trinajstić information content (AvgIpc) is 2.85. The van der Waals surface area contributed by atoms with Crippen LogP contribution in [0.2, 0.25) is 0 Å². The van der Waals surface area contributed by atoms with Crippen molar-refractivity contribution >= 4 is 5.69 Å². The molecule has 2 fully saturated rings. The molecule has 3 nitrogen and oxygen atoms in total. The van der Waals surface area contributed by atoms with Crippen LogP contribution in [-0.2, 0) is 0 Å². The molecule has 3 heterocycles. The van der Waals surface area contributed by atoms with Crippen LogP contribution in [-0.4, -0.2) is 30.7 Å². The van der Waals surface area contributed by atoms with Crippen LogP contribution in [0.25, 0.3) is 11.1 Å². The SMILES string of the molecule is Cc1cc(C)cc(-c2cncc(N3CC4CNC(C4)C3)c2)c1. The summed E-state index contributed by atoms with van der Waals surface area (Å²) >= 11 is 0. The number of fused-ring (bicyclic) bond motifs is 2. The highest BCUT2D eigenvalue weighted by molar-refractivity contribution is 5.68. The number of aryl methyl sites for hydroxylation is 2. The number of benzene rings is 1. The van der Waals surface area contributed by atoms with Gasteiger partial charge in [0.05, 0.1) is 11.9 Å². The highest BCUT2D eigenvalue weighted by atomic mass is 15.2. The molecule has 0 aliphatic carbocycles. The summed E-state index contributed by atoms with van der Waals surface area (Å²) in [5.41, 5.74) is 6.36.